The Morgan fingerprint density at radius 1 is 1.33 bits per heavy atom. The first-order chi connectivity index (χ1) is 3.81. The smallest absolute Gasteiger partial charge is 0.303 e. The lowest BCUT2D eigenvalue weighted by atomic mass is 11.0. The van der Waals surface area contributed by atoms with Crippen LogP contribution in [0.1, 0.15) is 6.92 Å². The molecule has 0 N–H and O–H groups in total. The van der Waals surface area contributed by atoms with Gasteiger partial charge < -0.3 is 4.11 Å². The minimum atomic E-state index is -4.58. The van der Waals surface area contributed by atoms with Crippen molar-refractivity contribution in [1.29, 1.82) is 0 Å². The summed E-state index contributed by atoms with van der Waals surface area (Å²) < 4.78 is 46.9. The number of halogens is 4. The minimum Gasteiger partial charge on any atom is -0.303 e. The third-order valence-corrected chi connectivity index (χ3v) is 3.77. The molecule has 0 aromatic rings. The highest BCUT2D eigenvalue weighted by Gasteiger charge is 2.54. The van der Waals surface area contributed by atoms with E-state index in [1.54, 1.807) is 0 Å². The Morgan fingerprint density at radius 2 is 1.67 bits per heavy atom. The maximum Gasteiger partial charge on any atom is 0.394 e. The van der Waals surface area contributed by atoms with Gasteiger partial charge in [0.05, 0.1) is 0 Å². The summed E-state index contributed by atoms with van der Waals surface area (Å²) in [6, 6.07) is -0.392. The largest absolute Gasteiger partial charge is 0.394 e. The zero-order valence-electron chi connectivity index (χ0n) is 5.22. The Hall–Kier alpha value is -0.0631. The maximum absolute atomic E-state index is 12.3. The van der Waals surface area contributed by atoms with Gasteiger partial charge in [0.25, 0.3) is 0 Å². The molecule has 0 saturated heterocycles. The Kier molecular flexibility index (Phi) is 2.27. The second kappa shape index (κ2) is 2.28. The van der Waals surface area contributed by atoms with Crippen molar-refractivity contribution in [3.05, 3.63) is 0 Å². The summed E-state index contributed by atoms with van der Waals surface area (Å²) in [5.74, 6) is -4.58. The van der Waals surface area contributed by atoms with Crippen LogP contribution in [-0.2, 0) is 0 Å². The van der Waals surface area contributed by atoms with Gasteiger partial charge in [-0.2, -0.15) is 13.2 Å². The van der Waals surface area contributed by atoms with Gasteiger partial charge in [-0.1, -0.05) is 6.92 Å². The monoisotopic (exact) mass is 160 g/mol. The molecule has 0 aliphatic carbocycles. The third-order valence-electron chi connectivity index (χ3n) is 1.26. The lowest BCUT2D eigenvalue weighted by molar-refractivity contribution is -0.0638. The van der Waals surface area contributed by atoms with E-state index in [9.17, 15) is 17.3 Å². The van der Waals surface area contributed by atoms with Gasteiger partial charge >= 0.3 is 14.2 Å². The number of hydrogen-bond donors (Lipinski definition) is 0. The molecule has 0 saturated carbocycles. The Balaban J connectivity index is 4.14. The molecule has 0 rings (SSSR count). The summed E-state index contributed by atoms with van der Waals surface area (Å²) in [6.45, 7) is 1.90. The van der Waals surface area contributed by atoms with E-state index in [2.05, 4.69) is 0 Å². The fourth-order valence-corrected chi connectivity index (χ4v) is 0.601. The number of rotatable bonds is 1. The molecule has 0 radical (unpaired) electrons. The second-order valence-electron chi connectivity index (χ2n) is 2.05. The van der Waals surface area contributed by atoms with Gasteiger partial charge in [-0.15, -0.1) is 0 Å². The molecule has 0 aliphatic heterocycles. The van der Waals surface area contributed by atoms with E-state index in [0.717, 1.165) is 0 Å². The van der Waals surface area contributed by atoms with Gasteiger partial charge in [0.2, 0.25) is 0 Å². The molecule has 56 valence electrons. The Bertz CT molecular complexity index is 95.2. The molecule has 0 nitrogen and oxygen atoms in total. The molecule has 0 bridgehead atoms. The average molecular weight is 160 g/mol. The van der Waals surface area contributed by atoms with Crippen molar-refractivity contribution < 1.29 is 17.3 Å². The molecular formula is C4H8F4Si. The van der Waals surface area contributed by atoms with Gasteiger partial charge in [0.1, 0.15) is 0 Å². The van der Waals surface area contributed by atoms with E-state index in [0.29, 0.717) is 6.55 Å². The summed E-state index contributed by atoms with van der Waals surface area (Å²) >= 11 is 0. The molecule has 0 heterocycles. The first-order valence-electron chi connectivity index (χ1n) is 2.57. The lowest BCUT2D eigenvalue weighted by Crippen LogP contribution is -2.42. The van der Waals surface area contributed by atoms with Crippen LogP contribution in [0, 0.1) is 0 Å². The first-order valence-corrected chi connectivity index (χ1v) is 5.15. The van der Waals surface area contributed by atoms with E-state index in [4.69, 9.17) is 0 Å². The van der Waals surface area contributed by atoms with E-state index in [1.165, 1.54) is 6.92 Å². The van der Waals surface area contributed by atoms with Gasteiger partial charge in [-0.3, -0.25) is 0 Å². The molecule has 5 heteroatoms. The van der Waals surface area contributed by atoms with Crippen LogP contribution in [0.2, 0.25) is 12.6 Å². The van der Waals surface area contributed by atoms with Crippen LogP contribution in [0.15, 0.2) is 0 Å². The molecule has 0 aromatic carbocycles. The average Bonchev–Trinajstić information content (AvgIpc) is 1.64. The van der Waals surface area contributed by atoms with Crippen molar-refractivity contribution in [2.75, 3.05) is 0 Å². The van der Waals surface area contributed by atoms with Crippen LogP contribution in [-0.4, -0.2) is 14.2 Å². The first kappa shape index (κ1) is 8.94. The van der Waals surface area contributed by atoms with E-state index >= 15 is 0 Å². The zero-order chi connectivity index (χ0) is 7.71. The number of alkyl halides is 3. The van der Waals surface area contributed by atoms with Crippen molar-refractivity contribution in [2.24, 2.45) is 0 Å². The van der Waals surface area contributed by atoms with Crippen LogP contribution in [0.4, 0.5) is 17.3 Å². The molecule has 0 amide bonds. The second-order valence-corrected chi connectivity index (χ2v) is 5.72. The summed E-state index contributed by atoms with van der Waals surface area (Å²) in [5.41, 5.74) is 0. The molecule has 0 fully saturated rings. The molecule has 0 aromatic heterocycles. The summed E-state index contributed by atoms with van der Waals surface area (Å²) in [5, 5.41) is 0. The van der Waals surface area contributed by atoms with Crippen molar-refractivity contribution in [1.82, 2.24) is 0 Å². The molecule has 0 aliphatic rings. The summed E-state index contributed by atoms with van der Waals surface area (Å²) in [6.07, 6.45) is 0. The van der Waals surface area contributed by atoms with Crippen LogP contribution in [0.3, 0.4) is 0 Å². The predicted octanol–water partition coefficient (Wildman–Crippen LogP) is 2.65. The van der Waals surface area contributed by atoms with E-state index in [-0.39, 0.29) is 0 Å². The molecule has 1 atom stereocenters. The highest BCUT2D eigenvalue weighted by atomic mass is 28.4. The topological polar surface area (TPSA) is 0 Å². The van der Waals surface area contributed by atoms with Crippen molar-refractivity contribution in [3.8, 4) is 0 Å². The third kappa shape index (κ3) is 1.96. The zero-order valence-corrected chi connectivity index (χ0v) is 6.22. The highest BCUT2D eigenvalue weighted by molar-refractivity contribution is 6.73. The minimum absolute atomic E-state index is 0.392. The summed E-state index contributed by atoms with van der Waals surface area (Å²) in [7, 11) is -4.38. The van der Waals surface area contributed by atoms with Crippen LogP contribution in [0.5, 0.6) is 0 Å². The molecule has 0 spiro atoms. The van der Waals surface area contributed by atoms with Crippen molar-refractivity contribution in [2.45, 2.75) is 25.3 Å². The Labute approximate surface area is 52.1 Å². The van der Waals surface area contributed by atoms with Gasteiger partial charge in [0.15, 0.2) is 0 Å². The van der Waals surface area contributed by atoms with Gasteiger partial charge in [-0.25, -0.2) is 0 Å². The van der Waals surface area contributed by atoms with Crippen molar-refractivity contribution in [3.63, 3.8) is 0 Å². The SMILES string of the molecule is CC[Si](C)(F)C(F)(F)F. The highest BCUT2D eigenvalue weighted by Crippen LogP contribution is 2.32. The van der Waals surface area contributed by atoms with E-state index in [1.807, 2.05) is 0 Å². The lowest BCUT2D eigenvalue weighted by Gasteiger charge is -2.17. The normalized spacial score (nSPS) is 19.3. The number of hydrogen-bond acceptors (Lipinski definition) is 0. The maximum atomic E-state index is 12.3. The van der Waals surface area contributed by atoms with Gasteiger partial charge in [0, 0.05) is 0 Å². The Morgan fingerprint density at radius 3 is 1.67 bits per heavy atom. The van der Waals surface area contributed by atoms with E-state index < -0.39 is 20.3 Å². The fourth-order valence-electron chi connectivity index (χ4n) is 0.200. The standard InChI is InChI=1S/C4H8F4Si/c1-3-9(2,8)4(5,6)7/h3H2,1-2H3. The molecule has 1 unspecified atom stereocenters. The van der Waals surface area contributed by atoms with Crippen LogP contribution < -0.4 is 0 Å². The molecule has 9 heavy (non-hydrogen) atoms. The van der Waals surface area contributed by atoms with Crippen LogP contribution in [0.25, 0.3) is 0 Å². The quantitative estimate of drug-likeness (QED) is 0.314. The molecular weight excluding hydrogens is 152 g/mol. The van der Waals surface area contributed by atoms with Gasteiger partial charge in [-0.05, 0) is 12.6 Å². The predicted molar refractivity (Wildman–Crippen MR) is 29.3 cm³/mol. The van der Waals surface area contributed by atoms with Crippen molar-refractivity contribution >= 4 is 8.41 Å². The summed E-state index contributed by atoms with van der Waals surface area (Å²) in [4.78, 5) is 0. The fraction of sp³-hybridized carbons (Fsp3) is 1.00. The van der Waals surface area contributed by atoms with Crippen LogP contribution >= 0.6 is 0 Å².